The Balaban J connectivity index is 2.31. The third kappa shape index (κ3) is 2.13. The van der Waals surface area contributed by atoms with Crippen LogP contribution >= 0.6 is 0 Å². The molecule has 1 aromatic rings. The van der Waals surface area contributed by atoms with E-state index >= 15 is 0 Å². The largest absolute Gasteiger partial charge is 0.395 e. The van der Waals surface area contributed by atoms with E-state index in [2.05, 4.69) is 24.3 Å². The van der Waals surface area contributed by atoms with E-state index in [9.17, 15) is 5.11 Å². The van der Waals surface area contributed by atoms with Crippen molar-refractivity contribution >= 4 is 0 Å². The van der Waals surface area contributed by atoms with E-state index in [0.29, 0.717) is 6.54 Å². The highest BCUT2D eigenvalue weighted by Crippen LogP contribution is 2.39. The zero-order valence-electron chi connectivity index (χ0n) is 9.78. The van der Waals surface area contributed by atoms with Gasteiger partial charge in [0.25, 0.3) is 0 Å². The van der Waals surface area contributed by atoms with Gasteiger partial charge in [0.2, 0.25) is 0 Å². The van der Waals surface area contributed by atoms with Crippen LogP contribution in [0.1, 0.15) is 43.2 Å². The van der Waals surface area contributed by atoms with E-state index in [1.807, 2.05) is 0 Å². The highest BCUT2D eigenvalue weighted by atomic mass is 16.3. The molecule has 88 valence electrons. The van der Waals surface area contributed by atoms with Gasteiger partial charge in [0, 0.05) is 12.0 Å². The minimum absolute atomic E-state index is 0.00340. The molecule has 16 heavy (non-hydrogen) atoms. The summed E-state index contributed by atoms with van der Waals surface area (Å²) in [7, 11) is 0. The Morgan fingerprint density at radius 3 is 2.56 bits per heavy atom. The van der Waals surface area contributed by atoms with E-state index in [1.54, 1.807) is 0 Å². The molecule has 1 saturated carbocycles. The molecule has 0 unspecified atom stereocenters. The van der Waals surface area contributed by atoms with Gasteiger partial charge in [0.15, 0.2) is 0 Å². The Morgan fingerprint density at radius 2 is 1.94 bits per heavy atom. The average Bonchev–Trinajstić information content (AvgIpc) is 2.39. The lowest BCUT2D eigenvalue weighted by Gasteiger charge is -2.36. The molecule has 2 nitrogen and oxygen atoms in total. The number of aliphatic hydroxyl groups excluding tert-OH is 1. The van der Waals surface area contributed by atoms with Gasteiger partial charge >= 0.3 is 0 Å². The van der Waals surface area contributed by atoms with Gasteiger partial charge in [-0.1, -0.05) is 43.5 Å². The quantitative estimate of drug-likeness (QED) is 0.819. The van der Waals surface area contributed by atoms with Crippen molar-refractivity contribution in [3.8, 4) is 0 Å². The molecule has 1 aliphatic carbocycles. The molecule has 2 heteroatoms. The van der Waals surface area contributed by atoms with Gasteiger partial charge in [-0.2, -0.15) is 0 Å². The minimum Gasteiger partial charge on any atom is -0.395 e. The molecule has 0 atom stereocenters. The van der Waals surface area contributed by atoms with Crippen LogP contribution in [0.2, 0.25) is 0 Å². The molecule has 0 aromatic heterocycles. The minimum atomic E-state index is 0.00340. The fraction of sp³-hybridized carbons (Fsp3) is 0.571. The maximum absolute atomic E-state index is 9.73. The molecule has 1 aromatic carbocycles. The fourth-order valence-electron chi connectivity index (χ4n) is 2.79. The molecule has 1 aliphatic rings. The van der Waals surface area contributed by atoms with Gasteiger partial charge in [-0.15, -0.1) is 0 Å². The maximum atomic E-state index is 9.73. The number of benzene rings is 1. The molecule has 0 radical (unpaired) electrons. The van der Waals surface area contributed by atoms with Crippen LogP contribution in [-0.2, 0) is 12.0 Å². The van der Waals surface area contributed by atoms with Crippen LogP contribution in [0.4, 0.5) is 0 Å². The summed E-state index contributed by atoms with van der Waals surface area (Å²) in [6, 6.07) is 8.42. The van der Waals surface area contributed by atoms with E-state index in [-0.39, 0.29) is 12.0 Å². The molecule has 0 spiro atoms. The van der Waals surface area contributed by atoms with Crippen molar-refractivity contribution in [3.05, 3.63) is 35.4 Å². The molecule has 0 saturated heterocycles. The van der Waals surface area contributed by atoms with Crippen LogP contribution < -0.4 is 5.73 Å². The molecule has 0 heterocycles. The van der Waals surface area contributed by atoms with Crippen LogP contribution in [0.25, 0.3) is 0 Å². The zero-order chi connectivity index (χ0) is 11.4. The fourth-order valence-corrected chi connectivity index (χ4v) is 2.79. The summed E-state index contributed by atoms with van der Waals surface area (Å²) in [5.74, 6) is 0. The Labute approximate surface area is 97.5 Å². The smallest absolute Gasteiger partial charge is 0.0527 e. The predicted octanol–water partition coefficient (Wildman–Crippen LogP) is 2.34. The number of aliphatic hydroxyl groups is 1. The first-order valence-corrected chi connectivity index (χ1v) is 6.21. The van der Waals surface area contributed by atoms with Gasteiger partial charge in [-0.05, 0) is 24.0 Å². The van der Waals surface area contributed by atoms with E-state index < -0.39 is 0 Å². The van der Waals surface area contributed by atoms with Crippen LogP contribution in [-0.4, -0.2) is 11.7 Å². The maximum Gasteiger partial charge on any atom is 0.0527 e. The Morgan fingerprint density at radius 1 is 1.19 bits per heavy atom. The topological polar surface area (TPSA) is 46.2 Å². The second kappa shape index (κ2) is 4.98. The molecule has 3 N–H and O–H groups in total. The van der Waals surface area contributed by atoms with Crippen molar-refractivity contribution in [2.45, 2.75) is 44.1 Å². The third-order valence-electron chi connectivity index (χ3n) is 3.89. The summed E-state index contributed by atoms with van der Waals surface area (Å²) < 4.78 is 0. The average molecular weight is 219 g/mol. The lowest BCUT2D eigenvalue weighted by atomic mass is 9.70. The van der Waals surface area contributed by atoms with E-state index in [1.165, 1.54) is 24.8 Å². The molecule has 1 fully saturated rings. The monoisotopic (exact) mass is 219 g/mol. The SMILES string of the molecule is NCc1cccc(C2(CO)CCCCC2)c1. The second-order valence-electron chi connectivity index (χ2n) is 4.90. The van der Waals surface area contributed by atoms with Crippen LogP contribution in [0, 0.1) is 0 Å². The number of hydrogen-bond acceptors (Lipinski definition) is 2. The first-order chi connectivity index (χ1) is 7.80. The third-order valence-corrected chi connectivity index (χ3v) is 3.89. The lowest BCUT2D eigenvalue weighted by molar-refractivity contribution is 0.152. The number of hydrogen-bond donors (Lipinski definition) is 2. The standard InChI is InChI=1S/C14H21NO/c15-10-12-5-4-6-13(9-12)14(11-16)7-2-1-3-8-14/h4-6,9,16H,1-3,7-8,10-11,15H2. The predicted molar refractivity (Wildman–Crippen MR) is 66.2 cm³/mol. The molecule has 0 aliphatic heterocycles. The van der Waals surface area contributed by atoms with Crippen LogP contribution in [0.3, 0.4) is 0 Å². The van der Waals surface area contributed by atoms with Crippen molar-refractivity contribution in [2.24, 2.45) is 5.73 Å². The summed E-state index contributed by atoms with van der Waals surface area (Å²) in [6.07, 6.45) is 5.98. The summed E-state index contributed by atoms with van der Waals surface area (Å²) in [5.41, 5.74) is 8.11. The molecule has 0 amide bonds. The van der Waals surface area contributed by atoms with Crippen molar-refractivity contribution in [2.75, 3.05) is 6.61 Å². The summed E-state index contributed by atoms with van der Waals surface area (Å²) in [5, 5.41) is 9.73. The number of nitrogens with two attached hydrogens (primary N) is 1. The Bertz CT molecular complexity index is 342. The Kier molecular flexibility index (Phi) is 3.62. The second-order valence-corrected chi connectivity index (χ2v) is 4.90. The normalized spacial score (nSPS) is 19.6. The van der Waals surface area contributed by atoms with Gasteiger partial charge in [-0.25, -0.2) is 0 Å². The summed E-state index contributed by atoms with van der Waals surface area (Å²) >= 11 is 0. The lowest BCUT2D eigenvalue weighted by Crippen LogP contribution is -2.33. The zero-order valence-corrected chi connectivity index (χ0v) is 9.78. The van der Waals surface area contributed by atoms with Crippen LogP contribution in [0.5, 0.6) is 0 Å². The van der Waals surface area contributed by atoms with E-state index in [4.69, 9.17) is 5.73 Å². The first-order valence-electron chi connectivity index (χ1n) is 6.21. The van der Waals surface area contributed by atoms with Gasteiger partial charge in [0.1, 0.15) is 0 Å². The van der Waals surface area contributed by atoms with Crippen molar-refractivity contribution in [3.63, 3.8) is 0 Å². The van der Waals surface area contributed by atoms with E-state index in [0.717, 1.165) is 18.4 Å². The van der Waals surface area contributed by atoms with Crippen molar-refractivity contribution in [1.82, 2.24) is 0 Å². The highest BCUT2D eigenvalue weighted by Gasteiger charge is 2.33. The van der Waals surface area contributed by atoms with Gasteiger partial charge in [0.05, 0.1) is 6.61 Å². The van der Waals surface area contributed by atoms with Crippen LogP contribution in [0.15, 0.2) is 24.3 Å². The molecular weight excluding hydrogens is 198 g/mol. The van der Waals surface area contributed by atoms with Crippen molar-refractivity contribution in [1.29, 1.82) is 0 Å². The first kappa shape index (κ1) is 11.6. The summed E-state index contributed by atoms with van der Waals surface area (Å²) in [4.78, 5) is 0. The molecule has 2 rings (SSSR count). The molecular formula is C14H21NO. The summed E-state index contributed by atoms with van der Waals surface area (Å²) in [6.45, 7) is 0.844. The Hall–Kier alpha value is -0.860. The van der Waals surface area contributed by atoms with Gasteiger partial charge in [-0.3, -0.25) is 0 Å². The number of rotatable bonds is 3. The van der Waals surface area contributed by atoms with Crippen molar-refractivity contribution < 1.29 is 5.11 Å². The highest BCUT2D eigenvalue weighted by molar-refractivity contribution is 5.31. The molecule has 0 bridgehead atoms. The van der Waals surface area contributed by atoms with Gasteiger partial charge < -0.3 is 10.8 Å².